The fraction of sp³-hybridized carbons (Fsp3) is 0.778. The molecule has 0 atom stereocenters. The van der Waals surface area contributed by atoms with E-state index in [4.69, 9.17) is 18.9 Å². The van der Waals surface area contributed by atoms with Gasteiger partial charge in [-0.25, -0.2) is 13.2 Å². The Balaban J connectivity index is 1.67. The third-order valence-corrected chi connectivity index (χ3v) is 6.03. The summed E-state index contributed by atoms with van der Waals surface area (Å²) < 4.78 is 46.5. The van der Waals surface area contributed by atoms with Crippen LogP contribution in [-0.4, -0.2) is 68.4 Å². The predicted molar refractivity (Wildman–Crippen MR) is 100 cm³/mol. The van der Waals surface area contributed by atoms with E-state index in [1.165, 1.54) is 6.26 Å². The number of esters is 1. The van der Waals surface area contributed by atoms with E-state index in [9.17, 15) is 13.2 Å². The van der Waals surface area contributed by atoms with Crippen LogP contribution in [0.2, 0.25) is 0 Å². The molecular formula is C18H28N2O7S. The van der Waals surface area contributed by atoms with Crippen LogP contribution < -0.4 is 4.74 Å². The van der Waals surface area contributed by atoms with Crippen molar-refractivity contribution in [2.75, 3.05) is 38.4 Å². The normalized spacial score (nSPS) is 19.8. The second-order valence-corrected chi connectivity index (χ2v) is 9.48. The van der Waals surface area contributed by atoms with E-state index in [1.807, 2.05) is 0 Å². The molecule has 2 aliphatic rings. The number of rotatable bonds is 8. The van der Waals surface area contributed by atoms with Crippen molar-refractivity contribution < 1.29 is 32.2 Å². The molecule has 0 amide bonds. The molecule has 0 bridgehead atoms. The minimum atomic E-state index is -3.06. The Labute approximate surface area is 165 Å². The van der Waals surface area contributed by atoms with Crippen LogP contribution in [0.25, 0.3) is 0 Å². The zero-order valence-electron chi connectivity index (χ0n) is 16.4. The molecule has 1 aromatic rings. The molecule has 3 rings (SSSR count). The molecular weight excluding hydrogens is 388 g/mol. The summed E-state index contributed by atoms with van der Waals surface area (Å²) in [4.78, 5) is 12.3. The first-order valence-corrected chi connectivity index (χ1v) is 11.7. The fourth-order valence-corrected chi connectivity index (χ4v) is 4.24. The second-order valence-electron chi connectivity index (χ2n) is 7.22. The largest absolute Gasteiger partial charge is 0.476 e. The Morgan fingerprint density at radius 1 is 1.32 bits per heavy atom. The van der Waals surface area contributed by atoms with Crippen LogP contribution >= 0.6 is 0 Å². The molecule has 28 heavy (non-hydrogen) atoms. The maximum absolute atomic E-state index is 12.3. The molecule has 1 spiro atoms. The zero-order valence-corrected chi connectivity index (χ0v) is 17.2. The van der Waals surface area contributed by atoms with Gasteiger partial charge in [-0.05, 0) is 26.2 Å². The van der Waals surface area contributed by atoms with Crippen molar-refractivity contribution in [1.29, 1.82) is 0 Å². The Kier molecular flexibility index (Phi) is 6.61. The van der Waals surface area contributed by atoms with Gasteiger partial charge >= 0.3 is 5.97 Å². The van der Waals surface area contributed by atoms with Gasteiger partial charge in [-0.2, -0.15) is 0 Å². The number of sulfone groups is 1. The molecule has 0 N–H and O–H groups in total. The Morgan fingerprint density at radius 2 is 2.00 bits per heavy atom. The molecule has 1 aliphatic carbocycles. The fourth-order valence-electron chi connectivity index (χ4n) is 3.60. The number of hydrogen-bond donors (Lipinski definition) is 0. The van der Waals surface area contributed by atoms with Gasteiger partial charge in [0, 0.05) is 25.3 Å². The first kappa shape index (κ1) is 21.1. The standard InChI is InChI=1S/C18H28N2O7S/c1-3-24-17(21)15-13-20(19-16(15)25-9-4-12-28(2,22)23)14-5-7-18(8-6-14)26-10-11-27-18/h13-14H,3-12H2,1-2H3. The highest BCUT2D eigenvalue weighted by molar-refractivity contribution is 7.90. The molecule has 9 nitrogen and oxygen atoms in total. The van der Waals surface area contributed by atoms with Crippen molar-refractivity contribution in [3.63, 3.8) is 0 Å². The number of hydrogen-bond acceptors (Lipinski definition) is 8. The monoisotopic (exact) mass is 416 g/mol. The van der Waals surface area contributed by atoms with Crippen molar-refractivity contribution in [2.24, 2.45) is 0 Å². The van der Waals surface area contributed by atoms with Crippen molar-refractivity contribution in [2.45, 2.75) is 50.9 Å². The molecule has 2 fully saturated rings. The molecule has 1 saturated heterocycles. The lowest BCUT2D eigenvalue weighted by atomic mass is 9.90. The highest BCUT2D eigenvalue weighted by atomic mass is 32.2. The van der Waals surface area contributed by atoms with Crippen LogP contribution in [0, 0.1) is 0 Å². The van der Waals surface area contributed by atoms with E-state index in [-0.39, 0.29) is 36.5 Å². The molecule has 1 aromatic heterocycles. The quantitative estimate of drug-likeness (QED) is 0.466. The Morgan fingerprint density at radius 3 is 2.61 bits per heavy atom. The average Bonchev–Trinajstić information content (AvgIpc) is 3.27. The van der Waals surface area contributed by atoms with Gasteiger partial charge in [-0.1, -0.05) is 0 Å². The summed E-state index contributed by atoms with van der Waals surface area (Å²) in [5.74, 6) is -0.756. The van der Waals surface area contributed by atoms with Gasteiger partial charge in [0.05, 0.1) is 38.2 Å². The maximum atomic E-state index is 12.3. The molecule has 1 aliphatic heterocycles. The SMILES string of the molecule is CCOC(=O)c1cn(C2CCC3(CC2)OCCO3)nc1OCCCS(C)(=O)=O. The number of ether oxygens (including phenoxy) is 4. The first-order valence-electron chi connectivity index (χ1n) is 9.66. The van der Waals surface area contributed by atoms with Crippen LogP contribution in [0.3, 0.4) is 0 Å². The minimum Gasteiger partial charge on any atom is -0.476 e. The lowest BCUT2D eigenvalue weighted by Crippen LogP contribution is -2.35. The van der Waals surface area contributed by atoms with Crippen LogP contribution in [-0.2, 0) is 24.0 Å². The molecule has 1 saturated carbocycles. The van der Waals surface area contributed by atoms with Crippen LogP contribution in [0.15, 0.2) is 6.20 Å². The van der Waals surface area contributed by atoms with Gasteiger partial charge in [-0.3, -0.25) is 4.68 Å². The lowest BCUT2D eigenvalue weighted by Gasteiger charge is -2.35. The van der Waals surface area contributed by atoms with Gasteiger partial charge < -0.3 is 18.9 Å². The summed E-state index contributed by atoms with van der Waals surface area (Å²) in [5, 5.41) is 4.45. The third kappa shape index (κ3) is 5.24. The molecule has 0 unspecified atom stereocenters. The number of carbonyl (C=O) groups is 1. The first-order chi connectivity index (χ1) is 13.3. The topological polar surface area (TPSA) is 106 Å². The molecule has 0 radical (unpaired) electrons. The van der Waals surface area contributed by atoms with Crippen LogP contribution in [0.4, 0.5) is 0 Å². The Hall–Kier alpha value is -1.65. The smallest absolute Gasteiger partial charge is 0.345 e. The zero-order chi connectivity index (χ0) is 20.2. The molecule has 2 heterocycles. The van der Waals surface area contributed by atoms with Crippen molar-refractivity contribution in [3.8, 4) is 5.88 Å². The van der Waals surface area contributed by atoms with Gasteiger partial charge in [0.25, 0.3) is 0 Å². The van der Waals surface area contributed by atoms with Gasteiger partial charge in [0.2, 0.25) is 5.88 Å². The van der Waals surface area contributed by atoms with E-state index in [1.54, 1.807) is 17.8 Å². The summed E-state index contributed by atoms with van der Waals surface area (Å²) >= 11 is 0. The van der Waals surface area contributed by atoms with E-state index < -0.39 is 21.6 Å². The third-order valence-electron chi connectivity index (χ3n) is 5.00. The molecule has 10 heteroatoms. The van der Waals surface area contributed by atoms with E-state index in [2.05, 4.69) is 5.10 Å². The average molecular weight is 416 g/mol. The van der Waals surface area contributed by atoms with Gasteiger partial charge in [0.1, 0.15) is 15.4 Å². The highest BCUT2D eigenvalue weighted by Gasteiger charge is 2.41. The Bertz CT molecular complexity index is 774. The summed E-state index contributed by atoms with van der Waals surface area (Å²) in [7, 11) is -3.06. The van der Waals surface area contributed by atoms with Crippen LogP contribution in [0.1, 0.15) is 55.4 Å². The number of nitrogens with zero attached hydrogens (tertiary/aromatic N) is 2. The number of carbonyl (C=O) groups excluding carboxylic acids is 1. The summed E-state index contributed by atoms with van der Waals surface area (Å²) in [6.45, 7) is 3.40. The van der Waals surface area contributed by atoms with E-state index in [0.29, 0.717) is 19.6 Å². The van der Waals surface area contributed by atoms with E-state index >= 15 is 0 Å². The maximum Gasteiger partial charge on any atom is 0.345 e. The van der Waals surface area contributed by atoms with Crippen molar-refractivity contribution >= 4 is 15.8 Å². The van der Waals surface area contributed by atoms with Gasteiger partial charge in [0.15, 0.2) is 5.79 Å². The lowest BCUT2D eigenvalue weighted by molar-refractivity contribution is -0.181. The van der Waals surface area contributed by atoms with Crippen LogP contribution in [0.5, 0.6) is 5.88 Å². The molecule has 158 valence electrons. The minimum absolute atomic E-state index is 0.0210. The predicted octanol–water partition coefficient (Wildman–Crippen LogP) is 1.73. The summed E-state index contributed by atoms with van der Waals surface area (Å²) in [5.41, 5.74) is 0.259. The summed E-state index contributed by atoms with van der Waals surface area (Å²) in [6, 6.07) is 0.111. The summed E-state index contributed by atoms with van der Waals surface area (Å²) in [6.07, 6.45) is 6.35. The number of aromatic nitrogens is 2. The van der Waals surface area contributed by atoms with Crippen molar-refractivity contribution in [1.82, 2.24) is 9.78 Å². The van der Waals surface area contributed by atoms with Crippen molar-refractivity contribution in [3.05, 3.63) is 11.8 Å². The highest BCUT2D eigenvalue weighted by Crippen LogP contribution is 2.40. The van der Waals surface area contributed by atoms with E-state index in [0.717, 1.165) is 25.7 Å². The molecule has 0 aromatic carbocycles. The van der Waals surface area contributed by atoms with Gasteiger partial charge in [-0.15, -0.1) is 5.10 Å². The second kappa shape index (κ2) is 8.79.